The summed E-state index contributed by atoms with van der Waals surface area (Å²) in [4.78, 5) is 0. The molecular weight excluding hydrogens is 674 g/mol. The van der Waals surface area contributed by atoms with Gasteiger partial charge in [0.2, 0.25) is 0 Å². The van der Waals surface area contributed by atoms with Crippen LogP contribution in [0.5, 0.6) is 0 Å². The van der Waals surface area contributed by atoms with Crippen LogP contribution in [0.1, 0.15) is 80.0 Å². The topological polar surface area (TPSA) is 9.23 Å². The highest BCUT2D eigenvalue weighted by molar-refractivity contribution is 5.72. The minimum atomic E-state index is -4.79. The lowest BCUT2D eigenvalue weighted by Gasteiger charge is -2.31. The SMILES string of the molecule is CCCCCc1ccc(C(F)(F)OC2CCC(c3ccc(-c4ccc(-c5cc(F)c(/C=C/C(F)(F)F)c(F)c5)c(F)c4)c(F)c3)CC2)c(F)c1. The smallest absolute Gasteiger partial charge is 0.313 e. The summed E-state index contributed by atoms with van der Waals surface area (Å²) in [7, 11) is 0. The number of alkyl halides is 5. The van der Waals surface area contributed by atoms with Gasteiger partial charge in [-0.2, -0.15) is 22.0 Å². The number of hydrogen-bond donors (Lipinski definition) is 0. The average molecular weight is 709 g/mol. The van der Waals surface area contributed by atoms with Crippen LogP contribution in [-0.2, 0) is 17.3 Å². The summed E-state index contributed by atoms with van der Waals surface area (Å²) in [6.45, 7) is 2.04. The molecule has 0 saturated heterocycles. The van der Waals surface area contributed by atoms with Gasteiger partial charge in [-0.15, -0.1) is 0 Å². The quantitative estimate of drug-likeness (QED) is 0.111. The summed E-state index contributed by atoms with van der Waals surface area (Å²) < 4.78 is 146. The van der Waals surface area contributed by atoms with E-state index in [0.29, 0.717) is 42.5 Å². The Morgan fingerprint density at radius 2 is 1.28 bits per heavy atom. The molecule has 1 fully saturated rings. The molecule has 5 rings (SSSR count). The molecule has 0 aliphatic heterocycles. The summed E-state index contributed by atoms with van der Waals surface area (Å²) in [6, 6.07) is 13.0. The number of aryl methyl sites for hydroxylation is 1. The van der Waals surface area contributed by atoms with E-state index in [9.17, 15) is 35.1 Å². The normalized spacial score (nSPS) is 17.1. The first kappa shape index (κ1) is 37.1. The van der Waals surface area contributed by atoms with Crippen LogP contribution < -0.4 is 0 Å². The first-order chi connectivity index (χ1) is 23.6. The maximum absolute atomic E-state index is 15.3. The molecule has 11 heteroatoms. The summed E-state index contributed by atoms with van der Waals surface area (Å²) in [5.74, 6) is -5.44. The van der Waals surface area contributed by atoms with Crippen LogP contribution in [-0.4, -0.2) is 12.3 Å². The van der Waals surface area contributed by atoms with E-state index < -0.39 is 58.6 Å². The van der Waals surface area contributed by atoms with Crippen molar-refractivity contribution in [1.29, 1.82) is 0 Å². The van der Waals surface area contributed by atoms with E-state index in [1.165, 1.54) is 30.3 Å². The van der Waals surface area contributed by atoms with E-state index in [1.807, 2.05) is 6.92 Å². The Morgan fingerprint density at radius 1 is 0.660 bits per heavy atom. The van der Waals surface area contributed by atoms with E-state index in [0.717, 1.165) is 37.5 Å². The largest absolute Gasteiger partial charge is 0.409 e. The Kier molecular flexibility index (Phi) is 11.4. The van der Waals surface area contributed by atoms with E-state index in [1.54, 1.807) is 6.07 Å². The van der Waals surface area contributed by atoms with Gasteiger partial charge in [0, 0.05) is 22.8 Å². The summed E-state index contributed by atoms with van der Waals surface area (Å²) in [5, 5.41) is 0. The third-order valence-electron chi connectivity index (χ3n) is 8.98. The lowest BCUT2D eigenvalue weighted by molar-refractivity contribution is -0.278. The van der Waals surface area contributed by atoms with E-state index in [4.69, 9.17) is 4.74 Å². The van der Waals surface area contributed by atoms with Crippen LogP contribution in [0.15, 0.2) is 72.8 Å². The number of halogens is 10. The van der Waals surface area contributed by atoms with Crippen molar-refractivity contribution in [3.63, 3.8) is 0 Å². The Morgan fingerprint density at radius 3 is 1.88 bits per heavy atom. The number of benzene rings is 4. The Hall–Kier alpha value is -4.12. The molecule has 50 heavy (non-hydrogen) atoms. The molecule has 0 unspecified atom stereocenters. The number of ether oxygens (including phenoxy) is 1. The first-order valence-corrected chi connectivity index (χ1v) is 16.3. The molecule has 0 heterocycles. The van der Waals surface area contributed by atoms with Crippen molar-refractivity contribution in [2.75, 3.05) is 0 Å². The zero-order valence-corrected chi connectivity index (χ0v) is 27.0. The molecule has 0 radical (unpaired) electrons. The van der Waals surface area contributed by atoms with Crippen LogP contribution in [0.2, 0.25) is 0 Å². The van der Waals surface area contributed by atoms with Gasteiger partial charge in [-0.1, -0.05) is 50.1 Å². The summed E-state index contributed by atoms with van der Waals surface area (Å²) >= 11 is 0. The average Bonchev–Trinajstić information content (AvgIpc) is 3.04. The molecule has 0 atom stereocenters. The standard InChI is InChI=1S/C39H34F10O/c1-2-3-4-5-23-6-15-32(37(44)18-23)39(48,49)50-28-11-7-24(8-12-28)25-9-13-29(33(40)19-25)26-10-14-30(34(41)20-26)27-21-35(42)31(36(43)22-27)16-17-38(45,46)47/h6,9-10,13-22,24,28H,2-5,7-8,11-12H2,1H3/b17-16+. The highest BCUT2D eigenvalue weighted by atomic mass is 19.4. The monoisotopic (exact) mass is 708 g/mol. The lowest BCUT2D eigenvalue weighted by atomic mass is 9.82. The third-order valence-corrected chi connectivity index (χ3v) is 8.98. The summed E-state index contributed by atoms with van der Waals surface area (Å²) in [6.07, 6.45) is -4.79. The van der Waals surface area contributed by atoms with Gasteiger partial charge in [-0.3, -0.25) is 0 Å². The van der Waals surface area contributed by atoms with Crippen LogP contribution in [0.4, 0.5) is 43.9 Å². The molecule has 0 bridgehead atoms. The molecule has 1 aliphatic rings. The van der Waals surface area contributed by atoms with Crippen LogP contribution in [0.3, 0.4) is 0 Å². The van der Waals surface area contributed by atoms with Gasteiger partial charge >= 0.3 is 12.3 Å². The fraction of sp³-hybridized carbons (Fsp3) is 0.333. The Bertz CT molecular complexity index is 1810. The fourth-order valence-electron chi connectivity index (χ4n) is 6.33. The van der Waals surface area contributed by atoms with Gasteiger partial charge in [-0.25, -0.2) is 22.0 Å². The second-order valence-electron chi connectivity index (χ2n) is 12.5. The van der Waals surface area contributed by atoms with Crippen molar-refractivity contribution in [1.82, 2.24) is 0 Å². The van der Waals surface area contributed by atoms with Gasteiger partial charge in [0.15, 0.2) is 0 Å². The minimum absolute atomic E-state index is 0.0410. The molecule has 4 aromatic rings. The van der Waals surface area contributed by atoms with Crippen molar-refractivity contribution in [2.24, 2.45) is 0 Å². The van der Waals surface area contributed by atoms with Crippen molar-refractivity contribution in [3.8, 4) is 22.3 Å². The van der Waals surface area contributed by atoms with Crippen molar-refractivity contribution < 1.29 is 48.6 Å². The molecule has 4 aromatic carbocycles. The first-order valence-electron chi connectivity index (χ1n) is 16.3. The summed E-state index contributed by atoms with van der Waals surface area (Å²) in [5.41, 5.74) is -0.820. The molecule has 266 valence electrons. The van der Waals surface area contributed by atoms with Crippen molar-refractivity contribution >= 4 is 6.08 Å². The molecule has 1 aliphatic carbocycles. The van der Waals surface area contributed by atoms with E-state index in [-0.39, 0.29) is 53.2 Å². The van der Waals surface area contributed by atoms with E-state index >= 15 is 8.78 Å². The molecule has 1 saturated carbocycles. The molecular formula is C39H34F10O. The number of allylic oxidation sites excluding steroid dienone is 1. The van der Waals surface area contributed by atoms with Gasteiger partial charge in [-0.05, 0) is 109 Å². The van der Waals surface area contributed by atoms with Gasteiger partial charge < -0.3 is 4.74 Å². The van der Waals surface area contributed by atoms with Gasteiger partial charge in [0.25, 0.3) is 0 Å². The zero-order valence-electron chi connectivity index (χ0n) is 27.0. The minimum Gasteiger partial charge on any atom is -0.313 e. The van der Waals surface area contributed by atoms with Gasteiger partial charge in [0.05, 0.1) is 11.7 Å². The molecule has 0 aromatic heterocycles. The Balaban J connectivity index is 1.22. The zero-order chi connectivity index (χ0) is 36.2. The maximum Gasteiger partial charge on any atom is 0.409 e. The van der Waals surface area contributed by atoms with E-state index in [2.05, 4.69) is 0 Å². The molecule has 0 spiro atoms. The molecule has 0 N–H and O–H groups in total. The van der Waals surface area contributed by atoms with Crippen molar-refractivity contribution in [3.05, 3.63) is 124 Å². The molecule has 1 nitrogen and oxygen atoms in total. The number of rotatable bonds is 11. The van der Waals surface area contributed by atoms with Crippen molar-refractivity contribution in [2.45, 2.75) is 82.6 Å². The third kappa shape index (κ3) is 8.96. The van der Waals surface area contributed by atoms with Crippen LogP contribution >= 0.6 is 0 Å². The fourth-order valence-corrected chi connectivity index (χ4v) is 6.33. The van der Waals surface area contributed by atoms with Gasteiger partial charge in [0.1, 0.15) is 29.1 Å². The molecule has 0 amide bonds. The predicted molar refractivity (Wildman–Crippen MR) is 172 cm³/mol. The highest BCUT2D eigenvalue weighted by Crippen LogP contribution is 2.41. The Labute approximate surface area is 283 Å². The van der Waals surface area contributed by atoms with Crippen LogP contribution in [0, 0.1) is 29.1 Å². The lowest BCUT2D eigenvalue weighted by Crippen LogP contribution is -2.30. The number of unbranched alkanes of at least 4 members (excludes halogenated alkanes) is 2. The number of hydrogen-bond acceptors (Lipinski definition) is 1. The maximum atomic E-state index is 15.3. The highest BCUT2D eigenvalue weighted by Gasteiger charge is 2.40. The van der Waals surface area contributed by atoms with Crippen LogP contribution in [0.25, 0.3) is 28.3 Å². The second-order valence-corrected chi connectivity index (χ2v) is 12.5. The second kappa shape index (κ2) is 15.4. The predicted octanol–water partition coefficient (Wildman–Crippen LogP) is 12.8.